The van der Waals surface area contributed by atoms with Crippen molar-refractivity contribution in [2.45, 2.75) is 55.1 Å². The van der Waals surface area contributed by atoms with Gasteiger partial charge in [0.05, 0.1) is 24.7 Å². The highest BCUT2D eigenvalue weighted by molar-refractivity contribution is 7.91. The number of sulfone groups is 1. The van der Waals surface area contributed by atoms with Crippen LogP contribution in [-0.2, 0) is 51.5 Å². The monoisotopic (exact) mass is 540 g/mol. The Bertz CT molecular complexity index is 1240. The number of benzene rings is 3. The van der Waals surface area contributed by atoms with Gasteiger partial charge in [-0.15, -0.1) is 0 Å². The largest absolute Gasteiger partial charge is 0.368 e. The van der Waals surface area contributed by atoms with Crippen LogP contribution in [0.25, 0.3) is 0 Å². The summed E-state index contributed by atoms with van der Waals surface area (Å²) >= 11 is 0. The van der Waals surface area contributed by atoms with Crippen molar-refractivity contribution in [2.24, 2.45) is 0 Å². The second kappa shape index (κ2) is 12.5. The molecule has 2 heterocycles. The molecule has 8 nitrogen and oxygen atoms in total. The Morgan fingerprint density at radius 3 is 1.89 bits per heavy atom. The predicted octanol–water partition coefficient (Wildman–Crippen LogP) is 3.74. The Kier molecular flexibility index (Phi) is 8.86. The molecule has 0 aliphatic carbocycles. The summed E-state index contributed by atoms with van der Waals surface area (Å²) in [4.78, 5) is 0.217. The lowest BCUT2D eigenvalue weighted by Gasteiger charge is -2.48. The van der Waals surface area contributed by atoms with Gasteiger partial charge < -0.3 is 28.4 Å². The maximum atomic E-state index is 13.0. The fourth-order valence-electron chi connectivity index (χ4n) is 4.67. The van der Waals surface area contributed by atoms with Crippen LogP contribution in [0, 0.1) is 0 Å². The van der Waals surface area contributed by atoms with E-state index in [1.165, 1.54) is 0 Å². The third-order valence-corrected chi connectivity index (χ3v) is 8.31. The molecule has 2 aliphatic rings. The van der Waals surface area contributed by atoms with Gasteiger partial charge >= 0.3 is 0 Å². The van der Waals surface area contributed by atoms with Crippen molar-refractivity contribution < 1.29 is 36.8 Å². The Balaban J connectivity index is 1.36. The fraction of sp³-hybridized carbons (Fsp3) is 0.379. The highest BCUT2D eigenvalue weighted by Crippen LogP contribution is 2.34. The van der Waals surface area contributed by atoms with E-state index in [9.17, 15) is 8.42 Å². The lowest BCUT2D eigenvalue weighted by molar-refractivity contribution is -0.363. The molecular weight excluding hydrogens is 508 g/mol. The predicted molar refractivity (Wildman–Crippen MR) is 139 cm³/mol. The summed E-state index contributed by atoms with van der Waals surface area (Å²) in [6.45, 7) is 0.767. The van der Waals surface area contributed by atoms with Gasteiger partial charge in [0.2, 0.25) is 0 Å². The first-order valence-corrected chi connectivity index (χ1v) is 14.2. The number of ether oxygens (including phenoxy) is 6. The number of hydrogen-bond donors (Lipinski definition) is 0. The molecule has 3 aromatic carbocycles. The molecule has 0 radical (unpaired) electrons. The Hall–Kier alpha value is -2.63. The van der Waals surface area contributed by atoms with Crippen LogP contribution in [0.5, 0.6) is 0 Å². The average molecular weight is 541 g/mol. The summed E-state index contributed by atoms with van der Waals surface area (Å²) in [5.41, 5.74) is 1.98. The first-order valence-electron chi connectivity index (χ1n) is 12.6. The van der Waals surface area contributed by atoms with Crippen LogP contribution in [-0.4, -0.2) is 64.9 Å². The molecule has 2 saturated heterocycles. The second-order valence-corrected chi connectivity index (χ2v) is 11.3. The molecule has 38 heavy (non-hydrogen) atoms. The van der Waals surface area contributed by atoms with Crippen LogP contribution in [0.2, 0.25) is 0 Å². The molecule has 9 heteroatoms. The second-order valence-electron chi connectivity index (χ2n) is 9.26. The van der Waals surface area contributed by atoms with E-state index < -0.39 is 46.8 Å². The highest BCUT2D eigenvalue weighted by Gasteiger charge is 2.51. The zero-order valence-corrected chi connectivity index (χ0v) is 21.9. The maximum Gasteiger partial charge on any atom is 0.186 e. The molecular formula is C29H32O8S. The van der Waals surface area contributed by atoms with Crippen molar-refractivity contribution in [3.05, 3.63) is 102 Å². The van der Waals surface area contributed by atoms with Crippen LogP contribution in [0.3, 0.4) is 0 Å². The van der Waals surface area contributed by atoms with Gasteiger partial charge in [0, 0.05) is 7.11 Å². The average Bonchev–Trinajstić information content (AvgIpc) is 2.96. The molecule has 0 spiro atoms. The van der Waals surface area contributed by atoms with Crippen molar-refractivity contribution in [1.29, 1.82) is 0 Å². The van der Waals surface area contributed by atoms with Gasteiger partial charge in [0.1, 0.15) is 30.2 Å². The summed E-state index contributed by atoms with van der Waals surface area (Å²) in [5.74, 6) is -0.325. The minimum Gasteiger partial charge on any atom is -0.368 e. The number of hydrogen-bond acceptors (Lipinski definition) is 8. The van der Waals surface area contributed by atoms with E-state index in [0.29, 0.717) is 13.2 Å². The molecule has 202 valence electrons. The van der Waals surface area contributed by atoms with Crippen LogP contribution >= 0.6 is 0 Å². The van der Waals surface area contributed by atoms with Crippen molar-refractivity contribution in [3.63, 3.8) is 0 Å². The number of methoxy groups -OCH3 is 1. The molecule has 2 aliphatic heterocycles. The van der Waals surface area contributed by atoms with E-state index in [4.69, 9.17) is 28.4 Å². The lowest BCUT2D eigenvalue weighted by Crippen LogP contribution is -2.64. The summed E-state index contributed by atoms with van der Waals surface area (Å²) in [7, 11) is -2.08. The van der Waals surface area contributed by atoms with Gasteiger partial charge in [-0.1, -0.05) is 78.9 Å². The zero-order valence-electron chi connectivity index (χ0n) is 21.1. The molecule has 3 aromatic rings. The van der Waals surface area contributed by atoms with Gasteiger partial charge in [0.25, 0.3) is 0 Å². The standard InChI is InChI=1S/C29H32O8S/c1-32-29-28(35-18-22-13-7-3-8-14-22)27(34-17-21-11-5-2-6-12-21)26-24(36-29)19-33-25(37-26)20-38(30,31)23-15-9-4-10-16-23/h2-16,24-29H,17-20H2,1H3/t24-,25?,26+,27+,28-,29-/m1/s1. The minimum atomic E-state index is -3.63. The van der Waals surface area contributed by atoms with Crippen LogP contribution in [0.4, 0.5) is 0 Å². The van der Waals surface area contributed by atoms with E-state index in [0.717, 1.165) is 11.1 Å². The molecule has 1 unspecified atom stereocenters. The lowest BCUT2D eigenvalue weighted by atomic mass is 9.97. The van der Waals surface area contributed by atoms with E-state index in [1.807, 2.05) is 60.7 Å². The summed E-state index contributed by atoms with van der Waals surface area (Å²) in [5, 5.41) is 0. The molecule has 0 aromatic heterocycles. The smallest absolute Gasteiger partial charge is 0.186 e. The van der Waals surface area contributed by atoms with Gasteiger partial charge in [-0.3, -0.25) is 0 Å². The molecule has 6 atom stereocenters. The van der Waals surface area contributed by atoms with E-state index in [1.54, 1.807) is 37.4 Å². The fourth-order valence-corrected chi connectivity index (χ4v) is 5.97. The molecule has 2 fully saturated rings. The van der Waals surface area contributed by atoms with Crippen LogP contribution < -0.4 is 0 Å². The Labute approximate surface area is 223 Å². The summed E-state index contributed by atoms with van der Waals surface area (Å²) in [6.07, 6.45) is -4.09. The number of fused-ring (bicyclic) bond motifs is 1. The quantitative estimate of drug-likeness (QED) is 0.384. The van der Waals surface area contributed by atoms with Crippen molar-refractivity contribution >= 4 is 9.84 Å². The first kappa shape index (κ1) is 27.0. The molecule has 0 saturated carbocycles. The summed E-state index contributed by atoms with van der Waals surface area (Å²) < 4.78 is 62.6. The Morgan fingerprint density at radius 2 is 1.32 bits per heavy atom. The number of rotatable bonds is 10. The topological polar surface area (TPSA) is 89.5 Å². The third-order valence-electron chi connectivity index (χ3n) is 6.61. The normalized spacial score (nSPS) is 27.5. The van der Waals surface area contributed by atoms with E-state index in [2.05, 4.69) is 0 Å². The first-order chi connectivity index (χ1) is 18.5. The molecule has 5 rings (SSSR count). The maximum absolute atomic E-state index is 13.0. The van der Waals surface area contributed by atoms with Crippen LogP contribution in [0.15, 0.2) is 95.9 Å². The van der Waals surface area contributed by atoms with Gasteiger partial charge in [0.15, 0.2) is 22.4 Å². The van der Waals surface area contributed by atoms with E-state index in [-0.39, 0.29) is 17.3 Å². The third kappa shape index (κ3) is 6.50. The SMILES string of the molecule is CO[C@@H]1O[C@@H]2COC(CS(=O)(=O)c3ccccc3)O[C@@H]2[C@H](OCc2ccccc2)[C@H]1OCc1ccccc1. The highest BCUT2D eigenvalue weighted by atomic mass is 32.2. The minimum absolute atomic E-state index is 0.135. The van der Waals surface area contributed by atoms with Gasteiger partial charge in [-0.25, -0.2) is 8.42 Å². The van der Waals surface area contributed by atoms with E-state index >= 15 is 0 Å². The molecule has 0 N–H and O–H groups in total. The molecule has 0 amide bonds. The van der Waals surface area contributed by atoms with Crippen molar-refractivity contribution in [1.82, 2.24) is 0 Å². The van der Waals surface area contributed by atoms with Crippen LogP contribution in [0.1, 0.15) is 11.1 Å². The van der Waals surface area contributed by atoms with Gasteiger partial charge in [-0.05, 0) is 23.3 Å². The summed E-state index contributed by atoms with van der Waals surface area (Å²) in [6, 6.07) is 27.9. The van der Waals surface area contributed by atoms with Crippen molar-refractivity contribution in [2.75, 3.05) is 19.5 Å². The Morgan fingerprint density at radius 1 is 0.763 bits per heavy atom. The molecule has 0 bridgehead atoms. The van der Waals surface area contributed by atoms with Crippen molar-refractivity contribution in [3.8, 4) is 0 Å². The van der Waals surface area contributed by atoms with Gasteiger partial charge in [-0.2, -0.15) is 0 Å². The zero-order chi connectivity index (χ0) is 26.4.